The van der Waals surface area contributed by atoms with E-state index in [0.29, 0.717) is 6.04 Å². The summed E-state index contributed by atoms with van der Waals surface area (Å²) >= 11 is 5.48. The molecule has 0 saturated heterocycles. The molecule has 0 spiro atoms. The van der Waals surface area contributed by atoms with Gasteiger partial charge in [-0.05, 0) is 54.0 Å². The first-order valence-electron chi connectivity index (χ1n) is 6.20. The van der Waals surface area contributed by atoms with Gasteiger partial charge in [0.1, 0.15) is 5.75 Å². The molecule has 0 saturated carbocycles. The number of methoxy groups -OCH3 is 1. The highest BCUT2D eigenvalue weighted by molar-refractivity contribution is 9.10. The fourth-order valence-corrected chi connectivity index (χ4v) is 4.19. The van der Waals surface area contributed by atoms with Crippen molar-refractivity contribution in [3.8, 4) is 5.75 Å². The summed E-state index contributed by atoms with van der Waals surface area (Å²) in [6.45, 7) is 2.13. The normalized spacial score (nSPS) is 12.4. The van der Waals surface area contributed by atoms with E-state index in [2.05, 4.69) is 46.4 Å². The van der Waals surface area contributed by atoms with Crippen molar-refractivity contribution in [2.45, 2.75) is 19.4 Å². The molecule has 1 aromatic carbocycles. The maximum absolute atomic E-state index is 5.43. The first kappa shape index (κ1) is 14.6. The van der Waals surface area contributed by atoms with Gasteiger partial charge >= 0.3 is 0 Å². The highest BCUT2D eigenvalue weighted by atomic mass is 79.9. The van der Waals surface area contributed by atoms with Gasteiger partial charge in [-0.1, -0.05) is 18.2 Å². The summed E-state index contributed by atoms with van der Waals surface area (Å²) in [7, 11) is 3.72. The molecule has 0 fully saturated rings. The number of halogens is 1. The van der Waals surface area contributed by atoms with Crippen LogP contribution in [0.2, 0.25) is 0 Å². The van der Waals surface area contributed by atoms with Crippen LogP contribution in [0.3, 0.4) is 0 Å². The van der Waals surface area contributed by atoms with Crippen LogP contribution < -0.4 is 10.1 Å². The van der Waals surface area contributed by atoms with Gasteiger partial charge in [0.25, 0.3) is 0 Å². The first-order valence-corrected chi connectivity index (χ1v) is 7.81. The van der Waals surface area contributed by atoms with Gasteiger partial charge in [-0.3, -0.25) is 0 Å². The highest BCUT2D eigenvalue weighted by Crippen LogP contribution is 2.34. The predicted octanol–water partition coefficient (Wildman–Crippen LogP) is 4.33. The summed E-state index contributed by atoms with van der Waals surface area (Å²) in [5.41, 5.74) is 1.22. The number of hydrogen-bond donors (Lipinski definition) is 1. The van der Waals surface area contributed by atoms with Crippen molar-refractivity contribution in [1.82, 2.24) is 5.32 Å². The van der Waals surface area contributed by atoms with Gasteiger partial charge in [0.05, 0.1) is 7.11 Å². The van der Waals surface area contributed by atoms with E-state index in [1.54, 1.807) is 7.11 Å². The summed E-state index contributed by atoms with van der Waals surface area (Å²) in [6.07, 6.45) is 0.916. The molecule has 0 aliphatic heterocycles. The number of rotatable bonds is 5. The van der Waals surface area contributed by atoms with Crippen molar-refractivity contribution in [3.63, 3.8) is 0 Å². The molecule has 0 amide bonds. The molecule has 1 aromatic heterocycles. The van der Waals surface area contributed by atoms with Gasteiger partial charge in [-0.2, -0.15) is 0 Å². The third kappa shape index (κ3) is 3.38. The van der Waals surface area contributed by atoms with Crippen molar-refractivity contribution in [2.24, 2.45) is 0 Å². The van der Waals surface area contributed by atoms with Crippen LogP contribution in [0.1, 0.15) is 21.4 Å². The molecule has 2 aromatic rings. The molecule has 0 aliphatic carbocycles. The largest absolute Gasteiger partial charge is 0.496 e. The maximum atomic E-state index is 5.43. The number of thiophene rings is 1. The molecule has 1 N–H and O–H groups in total. The Bertz CT molecular complexity index is 553. The fourth-order valence-electron chi connectivity index (χ4n) is 2.16. The van der Waals surface area contributed by atoms with Crippen molar-refractivity contribution in [1.29, 1.82) is 0 Å². The minimum Gasteiger partial charge on any atom is -0.496 e. The zero-order chi connectivity index (χ0) is 13.8. The molecule has 102 valence electrons. The van der Waals surface area contributed by atoms with E-state index in [-0.39, 0.29) is 0 Å². The Labute approximate surface area is 126 Å². The lowest BCUT2D eigenvalue weighted by atomic mass is 10.0. The van der Waals surface area contributed by atoms with Gasteiger partial charge in [-0.15, -0.1) is 11.3 Å². The van der Waals surface area contributed by atoms with E-state index in [9.17, 15) is 0 Å². The van der Waals surface area contributed by atoms with E-state index in [1.165, 1.54) is 19.8 Å². The lowest BCUT2D eigenvalue weighted by molar-refractivity contribution is 0.406. The number of benzene rings is 1. The maximum Gasteiger partial charge on any atom is 0.122 e. The van der Waals surface area contributed by atoms with Crippen LogP contribution in [0.15, 0.2) is 34.8 Å². The van der Waals surface area contributed by atoms with Crippen LogP contribution in [0.25, 0.3) is 0 Å². The lowest BCUT2D eigenvalue weighted by Gasteiger charge is -2.17. The van der Waals surface area contributed by atoms with Crippen LogP contribution in [0.4, 0.5) is 0 Å². The molecular formula is C15H18BrNOS. The van der Waals surface area contributed by atoms with Crippen molar-refractivity contribution in [3.05, 3.63) is 50.1 Å². The average Bonchev–Trinajstić information content (AvgIpc) is 2.75. The SMILES string of the molecule is CNC(Cc1ccccc1OC)c1sc(C)cc1Br. The Hall–Kier alpha value is -0.840. The molecule has 0 aliphatic rings. The van der Waals surface area contributed by atoms with E-state index in [4.69, 9.17) is 4.74 Å². The van der Waals surface area contributed by atoms with Crippen LogP contribution in [-0.2, 0) is 6.42 Å². The smallest absolute Gasteiger partial charge is 0.122 e. The second kappa shape index (κ2) is 6.55. The summed E-state index contributed by atoms with van der Waals surface area (Å²) in [6, 6.07) is 10.7. The summed E-state index contributed by atoms with van der Waals surface area (Å²) < 4.78 is 6.61. The zero-order valence-electron chi connectivity index (χ0n) is 11.4. The summed E-state index contributed by atoms with van der Waals surface area (Å²) in [5, 5.41) is 3.40. The van der Waals surface area contributed by atoms with E-state index in [1.807, 2.05) is 30.5 Å². The lowest BCUT2D eigenvalue weighted by Crippen LogP contribution is -2.18. The standard InChI is InChI=1S/C15H18BrNOS/c1-10-8-12(16)15(19-10)13(17-2)9-11-6-4-5-7-14(11)18-3/h4-8,13,17H,9H2,1-3H3. The van der Waals surface area contributed by atoms with Crippen LogP contribution >= 0.6 is 27.3 Å². The van der Waals surface area contributed by atoms with E-state index in [0.717, 1.165) is 12.2 Å². The zero-order valence-corrected chi connectivity index (χ0v) is 13.8. The van der Waals surface area contributed by atoms with Gasteiger partial charge in [-0.25, -0.2) is 0 Å². The van der Waals surface area contributed by atoms with Crippen LogP contribution in [0.5, 0.6) is 5.75 Å². The first-order chi connectivity index (χ1) is 9.15. The molecule has 1 unspecified atom stereocenters. The molecule has 0 bridgehead atoms. The molecule has 1 heterocycles. The molecule has 0 radical (unpaired) electrons. The predicted molar refractivity (Wildman–Crippen MR) is 85.3 cm³/mol. The number of aryl methyl sites for hydroxylation is 1. The summed E-state index contributed by atoms with van der Waals surface area (Å²) in [4.78, 5) is 2.66. The second-order valence-electron chi connectivity index (χ2n) is 4.43. The third-order valence-corrected chi connectivity index (χ3v) is 5.20. The molecule has 1 atom stereocenters. The van der Waals surface area contributed by atoms with Gasteiger partial charge < -0.3 is 10.1 Å². The van der Waals surface area contributed by atoms with Crippen LogP contribution in [0, 0.1) is 6.92 Å². The van der Waals surface area contributed by atoms with Gasteiger partial charge in [0.15, 0.2) is 0 Å². The van der Waals surface area contributed by atoms with E-state index < -0.39 is 0 Å². The molecule has 2 nitrogen and oxygen atoms in total. The Morgan fingerprint density at radius 3 is 2.68 bits per heavy atom. The van der Waals surface area contributed by atoms with Gasteiger partial charge in [0.2, 0.25) is 0 Å². The quantitative estimate of drug-likeness (QED) is 0.875. The number of likely N-dealkylation sites (N-methyl/N-ethyl adjacent to an activating group) is 1. The Morgan fingerprint density at radius 2 is 2.11 bits per heavy atom. The molecular weight excluding hydrogens is 322 g/mol. The number of nitrogens with one attached hydrogen (secondary N) is 1. The molecule has 19 heavy (non-hydrogen) atoms. The van der Waals surface area contributed by atoms with Gasteiger partial charge in [0, 0.05) is 20.3 Å². The number of ether oxygens (including phenoxy) is 1. The van der Waals surface area contributed by atoms with E-state index >= 15 is 0 Å². The number of hydrogen-bond acceptors (Lipinski definition) is 3. The average molecular weight is 340 g/mol. The Balaban J connectivity index is 2.26. The Kier molecular flexibility index (Phi) is 5.02. The van der Waals surface area contributed by atoms with Crippen LogP contribution in [-0.4, -0.2) is 14.2 Å². The van der Waals surface area contributed by atoms with Crippen molar-refractivity contribution in [2.75, 3.05) is 14.2 Å². The fraction of sp³-hybridized carbons (Fsp3) is 0.333. The Morgan fingerprint density at radius 1 is 1.37 bits per heavy atom. The minimum absolute atomic E-state index is 0.296. The minimum atomic E-state index is 0.296. The summed E-state index contributed by atoms with van der Waals surface area (Å²) in [5.74, 6) is 0.951. The monoisotopic (exact) mass is 339 g/mol. The van der Waals surface area contributed by atoms with Crippen molar-refractivity contribution < 1.29 is 4.74 Å². The second-order valence-corrected chi connectivity index (χ2v) is 6.57. The van der Waals surface area contributed by atoms with Crippen molar-refractivity contribution >= 4 is 27.3 Å². The highest BCUT2D eigenvalue weighted by Gasteiger charge is 2.17. The molecule has 4 heteroatoms. The third-order valence-electron chi connectivity index (χ3n) is 3.12. The topological polar surface area (TPSA) is 21.3 Å². The number of para-hydroxylation sites is 1. The molecule has 2 rings (SSSR count).